The van der Waals surface area contributed by atoms with Crippen LogP contribution in [0.3, 0.4) is 0 Å². The van der Waals surface area contributed by atoms with Crippen LogP contribution >= 0.6 is 11.5 Å². The molecule has 2 aromatic rings. The number of nitrogens with zero attached hydrogens (tertiary/aromatic N) is 1. The molecule has 0 saturated carbocycles. The smallest absolute Gasteiger partial charge is 0.414 e. The highest BCUT2D eigenvalue weighted by Gasteiger charge is 2.05. The third-order valence-corrected chi connectivity index (χ3v) is 2.74. The topological polar surface area (TPSA) is 52.3 Å². The van der Waals surface area contributed by atoms with Crippen LogP contribution in [-0.4, -0.2) is 11.0 Å². The normalized spacial score (nSPS) is 10.4. The minimum atomic E-state index is -0.386. The van der Waals surface area contributed by atoms with Crippen molar-refractivity contribution in [3.05, 3.63) is 34.0 Å². The summed E-state index contributed by atoms with van der Waals surface area (Å²) in [4.78, 5) is 10.5. The van der Waals surface area contributed by atoms with Gasteiger partial charge in [-0.05, 0) is 30.7 Å². The van der Waals surface area contributed by atoms with Crippen molar-refractivity contribution in [2.45, 2.75) is 19.8 Å². The van der Waals surface area contributed by atoms with Crippen LogP contribution in [0.5, 0.6) is 5.75 Å². The Bertz CT molecular complexity index is 515. The van der Waals surface area contributed by atoms with Gasteiger partial charge < -0.3 is 9.15 Å². The van der Waals surface area contributed by atoms with Gasteiger partial charge >= 0.3 is 4.94 Å². The minimum absolute atomic E-state index is 0.361. The first-order chi connectivity index (χ1) is 8.29. The second-order valence-corrected chi connectivity index (χ2v) is 4.26. The molecule has 1 heterocycles. The molecule has 1 aromatic carbocycles. The minimum Gasteiger partial charge on any atom is -0.494 e. The molecular formula is C12H13NO3S. The Morgan fingerprint density at radius 3 is 2.71 bits per heavy atom. The summed E-state index contributed by atoms with van der Waals surface area (Å²) in [5, 5.41) is 0. The molecule has 90 valence electrons. The van der Waals surface area contributed by atoms with Crippen LogP contribution < -0.4 is 9.68 Å². The molecule has 0 atom stereocenters. The third-order valence-electron chi connectivity index (χ3n) is 2.25. The highest BCUT2D eigenvalue weighted by atomic mass is 32.1. The lowest BCUT2D eigenvalue weighted by molar-refractivity contribution is 0.309. The summed E-state index contributed by atoms with van der Waals surface area (Å²) in [5.74, 6) is 1.18. The molecule has 0 saturated heterocycles. The lowest BCUT2D eigenvalue weighted by Gasteiger charge is -2.04. The van der Waals surface area contributed by atoms with E-state index in [0.717, 1.165) is 42.3 Å². The van der Waals surface area contributed by atoms with Crippen molar-refractivity contribution < 1.29 is 9.15 Å². The summed E-state index contributed by atoms with van der Waals surface area (Å²) in [5.41, 5.74) is 0.784. The zero-order valence-corrected chi connectivity index (χ0v) is 10.3. The molecule has 0 fully saturated rings. The van der Waals surface area contributed by atoms with E-state index in [0.29, 0.717) is 5.89 Å². The Morgan fingerprint density at radius 1 is 1.35 bits per heavy atom. The van der Waals surface area contributed by atoms with Crippen LogP contribution in [0.15, 0.2) is 33.5 Å². The molecule has 1 aromatic heterocycles. The van der Waals surface area contributed by atoms with E-state index in [1.165, 1.54) is 0 Å². The van der Waals surface area contributed by atoms with Crippen molar-refractivity contribution in [2.24, 2.45) is 0 Å². The zero-order valence-electron chi connectivity index (χ0n) is 9.51. The zero-order chi connectivity index (χ0) is 12.1. The first-order valence-corrected chi connectivity index (χ1v) is 6.27. The van der Waals surface area contributed by atoms with Crippen LogP contribution in [0.2, 0.25) is 0 Å². The average molecular weight is 251 g/mol. The molecule has 0 aliphatic heterocycles. The van der Waals surface area contributed by atoms with Gasteiger partial charge in [-0.15, -0.1) is 4.37 Å². The third kappa shape index (κ3) is 3.17. The predicted molar refractivity (Wildman–Crippen MR) is 66.5 cm³/mol. The summed E-state index contributed by atoms with van der Waals surface area (Å²) < 4.78 is 14.4. The fraction of sp³-hybridized carbons (Fsp3) is 0.333. The van der Waals surface area contributed by atoms with Gasteiger partial charge in [-0.3, -0.25) is 0 Å². The fourth-order valence-corrected chi connectivity index (χ4v) is 1.75. The molecule has 2 rings (SSSR count). The van der Waals surface area contributed by atoms with Gasteiger partial charge in [0.1, 0.15) is 5.75 Å². The van der Waals surface area contributed by atoms with E-state index < -0.39 is 0 Å². The van der Waals surface area contributed by atoms with Crippen LogP contribution in [0.4, 0.5) is 0 Å². The summed E-state index contributed by atoms with van der Waals surface area (Å²) in [6.45, 7) is 2.85. The summed E-state index contributed by atoms with van der Waals surface area (Å²) >= 11 is 0.817. The molecule has 0 radical (unpaired) electrons. The molecule has 17 heavy (non-hydrogen) atoms. The van der Waals surface area contributed by atoms with Crippen LogP contribution in [0.25, 0.3) is 11.5 Å². The van der Waals surface area contributed by atoms with Crippen molar-refractivity contribution in [2.75, 3.05) is 6.61 Å². The Balaban J connectivity index is 2.05. The van der Waals surface area contributed by atoms with Crippen molar-refractivity contribution in [1.29, 1.82) is 0 Å². The fourth-order valence-electron chi connectivity index (χ4n) is 1.33. The van der Waals surface area contributed by atoms with E-state index in [9.17, 15) is 4.79 Å². The Morgan fingerprint density at radius 2 is 2.12 bits per heavy atom. The highest BCUT2D eigenvalue weighted by Crippen LogP contribution is 2.20. The Hall–Kier alpha value is -1.62. The van der Waals surface area contributed by atoms with Crippen LogP contribution in [0.1, 0.15) is 19.8 Å². The van der Waals surface area contributed by atoms with E-state index in [-0.39, 0.29) is 4.94 Å². The van der Waals surface area contributed by atoms with Gasteiger partial charge in [0.25, 0.3) is 0 Å². The lowest BCUT2D eigenvalue weighted by Crippen LogP contribution is -1.95. The highest BCUT2D eigenvalue weighted by molar-refractivity contribution is 7.02. The number of rotatable bonds is 5. The van der Waals surface area contributed by atoms with Gasteiger partial charge in [0.15, 0.2) is 0 Å². The van der Waals surface area contributed by atoms with Gasteiger partial charge in [0.2, 0.25) is 5.89 Å². The van der Waals surface area contributed by atoms with Gasteiger partial charge in [-0.1, -0.05) is 13.3 Å². The van der Waals surface area contributed by atoms with Crippen molar-refractivity contribution in [1.82, 2.24) is 4.37 Å². The van der Waals surface area contributed by atoms with Gasteiger partial charge in [-0.25, -0.2) is 4.79 Å². The molecule has 5 heteroatoms. The maximum atomic E-state index is 10.9. The standard InChI is InChI=1S/C12H13NO3S/c1-2-3-8-15-10-6-4-9(5-7-10)11-13-17-12(14)16-11/h4-7H,2-3,8H2,1H3. The van der Waals surface area contributed by atoms with Crippen molar-refractivity contribution in [3.63, 3.8) is 0 Å². The summed E-state index contributed by atoms with van der Waals surface area (Å²) in [6, 6.07) is 7.37. The average Bonchev–Trinajstić information content (AvgIpc) is 2.77. The number of hydrogen-bond donors (Lipinski definition) is 0. The van der Waals surface area contributed by atoms with Crippen molar-refractivity contribution >= 4 is 11.5 Å². The molecule has 0 amide bonds. The monoisotopic (exact) mass is 251 g/mol. The Kier molecular flexibility index (Phi) is 3.93. The van der Waals surface area contributed by atoms with Gasteiger partial charge in [0, 0.05) is 5.56 Å². The Labute approximate surface area is 103 Å². The van der Waals surface area contributed by atoms with E-state index in [2.05, 4.69) is 11.3 Å². The SMILES string of the molecule is CCCCOc1ccc(-c2nsc(=O)o2)cc1. The summed E-state index contributed by atoms with van der Waals surface area (Å²) in [6.07, 6.45) is 2.16. The number of unbranched alkanes of at least 4 members (excludes halogenated alkanes) is 1. The second kappa shape index (κ2) is 5.63. The molecule has 0 aliphatic carbocycles. The lowest BCUT2D eigenvalue weighted by atomic mass is 10.2. The maximum absolute atomic E-state index is 10.9. The molecule has 0 aliphatic rings. The molecule has 0 N–H and O–H groups in total. The number of aromatic nitrogens is 1. The maximum Gasteiger partial charge on any atom is 0.414 e. The molecule has 0 bridgehead atoms. The van der Waals surface area contributed by atoms with Crippen molar-refractivity contribution in [3.8, 4) is 17.2 Å². The first-order valence-electron chi connectivity index (χ1n) is 5.49. The molecule has 0 spiro atoms. The van der Waals surface area contributed by atoms with E-state index in [4.69, 9.17) is 9.15 Å². The van der Waals surface area contributed by atoms with E-state index in [1.807, 2.05) is 24.3 Å². The van der Waals surface area contributed by atoms with E-state index in [1.54, 1.807) is 0 Å². The number of ether oxygens (including phenoxy) is 1. The first kappa shape index (κ1) is 11.9. The van der Waals surface area contributed by atoms with Crippen LogP contribution in [0, 0.1) is 0 Å². The number of benzene rings is 1. The van der Waals surface area contributed by atoms with Crippen LogP contribution in [-0.2, 0) is 0 Å². The second-order valence-electron chi connectivity index (χ2n) is 3.57. The molecular weight excluding hydrogens is 238 g/mol. The molecule has 0 unspecified atom stereocenters. The largest absolute Gasteiger partial charge is 0.494 e. The molecule has 4 nitrogen and oxygen atoms in total. The van der Waals surface area contributed by atoms with E-state index >= 15 is 0 Å². The summed E-state index contributed by atoms with van der Waals surface area (Å²) in [7, 11) is 0. The van der Waals surface area contributed by atoms with Gasteiger partial charge in [0.05, 0.1) is 18.1 Å². The quantitative estimate of drug-likeness (QED) is 0.767. The number of hydrogen-bond acceptors (Lipinski definition) is 5. The van der Waals surface area contributed by atoms with Gasteiger partial charge in [-0.2, -0.15) is 0 Å². The predicted octanol–water partition coefficient (Wildman–Crippen LogP) is 2.94.